The molecule has 6 nitrogen and oxygen atoms in total. The number of benzene rings is 2. The second-order valence-electron chi connectivity index (χ2n) is 7.38. The minimum atomic E-state index is -4.16. The van der Waals surface area contributed by atoms with Crippen LogP contribution in [0.1, 0.15) is 17.7 Å². The van der Waals surface area contributed by atoms with Gasteiger partial charge in [-0.25, -0.2) is 22.0 Å². The first-order valence-electron chi connectivity index (χ1n) is 9.77. The smallest absolute Gasteiger partial charge is 0.409 e. The number of carbonyl (C=O) groups excluding carboxylic acids is 1. The van der Waals surface area contributed by atoms with Crippen molar-refractivity contribution in [2.24, 2.45) is 5.92 Å². The molecule has 1 aliphatic rings. The highest BCUT2D eigenvalue weighted by Gasteiger charge is 2.37. The quantitative estimate of drug-likeness (QED) is 0.692. The Hall–Kier alpha value is -2.23. The second-order valence-corrected chi connectivity index (χ2v) is 9.88. The fourth-order valence-electron chi connectivity index (χ4n) is 3.51. The van der Waals surface area contributed by atoms with Crippen molar-refractivity contribution in [3.8, 4) is 0 Å². The number of hydrogen-bond donors (Lipinski definition) is 1. The highest BCUT2D eigenvalue weighted by Crippen LogP contribution is 2.37. The van der Waals surface area contributed by atoms with E-state index in [-0.39, 0.29) is 17.1 Å². The van der Waals surface area contributed by atoms with Gasteiger partial charge in [0.2, 0.25) is 0 Å². The second kappa shape index (κ2) is 9.93. The Balaban J connectivity index is 1.91. The van der Waals surface area contributed by atoms with E-state index in [1.54, 1.807) is 0 Å². The summed E-state index contributed by atoms with van der Waals surface area (Å²) in [5.74, 6) is -2.48. The molecule has 2 atom stereocenters. The molecule has 168 valence electrons. The van der Waals surface area contributed by atoms with Gasteiger partial charge in [0, 0.05) is 42.7 Å². The molecule has 2 aromatic carbocycles. The van der Waals surface area contributed by atoms with E-state index in [2.05, 4.69) is 5.32 Å². The molecule has 0 saturated carbocycles. The molecule has 3 rings (SSSR count). The molecule has 1 heterocycles. The Bertz CT molecular complexity index is 1030. The summed E-state index contributed by atoms with van der Waals surface area (Å²) in [6.07, 6.45) is -0.573. The van der Waals surface area contributed by atoms with Crippen molar-refractivity contribution in [3.05, 3.63) is 64.7 Å². The number of ether oxygens (including phenoxy) is 1. The number of nitrogens with zero attached hydrogens (tertiary/aromatic N) is 1. The first-order valence-corrected chi connectivity index (χ1v) is 11.7. The zero-order valence-corrected chi connectivity index (χ0v) is 18.4. The van der Waals surface area contributed by atoms with E-state index in [9.17, 15) is 22.0 Å². The average Bonchev–Trinajstić information content (AvgIpc) is 2.75. The van der Waals surface area contributed by atoms with Crippen LogP contribution >= 0.6 is 11.6 Å². The van der Waals surface area contributed by atoms with E-state index in [0.29, 0.717) is 31.2 Å². The molecule has 0 aliphatic carbocycles. The Morgan fingerprint density at radius 2 is 1.81 bits per heavy atom. The van der Waals surface area contributed by atoms with Gasteiger partial charge in [0.15, 0.2) is 9.84 Å². The van der Waals surface area contributed by atoms with Crippen molar-refractivity contribution in [3.63, 3.8) is 0 Å². The lowest BCUT2D eigenvalue weighted by Crippen LogP contribution is -2.47. The van der Waals surface area contributed by atoms with E-state index in [0.717, 1.165) is 18.2 Å². The molecule has 10 heteroatoms. The van der Waals surface area contributed by atoms with Crippen LogP contribution in [0.15, 0.2) is 47.4 Å². The zero-order chi connectivity index (χ0) is 22.6. The maximum Gasteiger partial charge on any atom is 0.409 e. The third-order valence-electron chi connectivity index (χ3n) is 5.10. The standard InChI is InChI=1S/C21H23ClF2N2O4S/c1-14(13-30-21(27)26-10-8-25-9-11-26)20(18-12-16(23)4-7-19(18)24)31(28,29)17-5-2-15(22)3-6-17/h2-7,12,14,20,25H,8-11,13H2,1H3/t14-,20+/m1/s1. The van der Waals surface area contributed by atoms with Crippen molar-refractivity contribution in [1.29, 1.82) is 0 Å². The number of piperazine rings is 1. The summed E-state index contributed by atoms with van der Waals surface area (Å²) in [5.41, 5.74) is -0.319. The maximum atomic E-state index is 14.6. The molecule has 31 heavy (non-hydrogen) atoms. The first-order chi connectivity index (χ1) is 14.7. The number of sulfone groups is 1. The molecule has 1 N–H and O–H groups in total. The molecule has 0 aromatic heterocycles. The fourth-order valence-corrected chi connectivity index (χ4v) is 5.65. The van der Waals surface area contributed by atoms with Crippen LogP contribution in [0.25, 0.3) is 0 Å². The molecule has 0 bridgehead atoms. The summed E-state index contributed by atoms with van der Waals surface area (Å²) in [6, 6.07) is 8.09. The molecule has 0 unspecified atom stereocenters. The first kappa shape index (κ1) is 23.4. The number of amides is 1. The minimum absolute atomic E-state index is 0.0918. The molecule has 1 fully saturated rings. The van der Waals surface area contributed by atoms with Crippen LogP contribution < -0.4 is 5.32 Å². The van der Waals surface area contributed by atoms with Gasteiger partial charge in [0.1, 0.15) is 11.6 Å². The fraction of sp³-hybridized carbons (Fsp3) is 0.381. The lowest BCUT2D eigenvalue weighted by atomic mass is 10.0. The minimum Gasteiger partial charge on any atom is -0.449 e. The SMILES string of the molecule is C[C@H](COC(=O)N1CCNCC1)[C@@H](c1cc(F)ccc1F)S(=O)(=O)c1ccc(Cl)cc1. The Morgan fingerprint density at radius 1 is 1.16 bits per heavy atom. The highest BCUT2D eigenvalue weighted by atomic mass is 35.5. The number of carbonyl (C=O) groups is 1. The van der Waals surface area contributed by atoms with Crippen LogP contribution in [0.4, 0.5) is 13.6 Å². The average molecular weight is 473 g/mol. The van der Waals surface area contributed by atoms with Crippen molar-refractivity contribution in [1.82, 2.24) is 10.2 Å². The Labute approximate surface area is 185 Å². The van der Waals surface area contributed by atoms with Crippen LogP contribution in [0.3, 0.4) is 0 Å². The molecule has 0 spiro atoms. The van der Waals surface area contributed by atoms with Gasteiger partial charge in [-0.1, -0.05) is 18.5 Å². The molecule has 2 aromatic rings. The summed E-state index contributed by atoms with van der Waals surface area (Å²) in [4.78, 5) is 13.7. The van der Waals surface area contributed by atoms with Crippen molar-refractivity contribution in [2.45, 2.75) is 17.1 Å². The highest BCUT2D eigenvalue weighted by molar-refractivity contribution is 7.91. The van der Waals surface area contributed by atoms with Gasteiger partial charge in [-0.05, 0) is 42.5 Å². The number of halogens is 3. The summed E-state index contributed by atoms with van der Waals surface area (Å²) < 4.78 is 60.6. The number of hydrogen-bond acceptors (Lipinski definition) is 5. The lowest BCUT2D eigenvalue weighted by molar-refractivity contribution is 0.0848. The molecule has 1 aliphatic heterocycles. The Morgan fingerprint density at radius 3 is 2.45 bits per heavy atom. The van der Waals surface area contributed by atoms with Gasteiger partial charge in [0.05, 0.1) is 16.8 Å². The van der Waals surface area contributed by atoms with Crippen molar-refractivity contribution >= 4 is 27.5 Å². The van der Waals surface area contributed by atoms with Crippen LogP contribution in [0.5, 0.6) is 0 Å². The van der Waals surface area contributed by atoms with Gasteiger partial charge in [-0.2, -0.15) is 0 Å². The predicted molar refractivity (Wildman–Crippen MR) is 113 cm³/mol. The van der Waals surface area contributed by atoms with Gasteiger partial charge in [-0.3, -0.25) is 0 Å². The van der Waals surface area contributed by atoms with Crippen molar-refractivity contribution < 1.29 is 26.7 Å². The molecule has 1 saturated heterocycles. The maximum absolute atomic E-state index is 14.6. The molecule has 1 amide bonds. The largest absolute Gasteiger partial charge is 0.449 e. The Kier molecular flexibility index (Phi) is 7.51. The number of rotatable bonds is 6. The van der Waals surface area contributed by atoms with E-state index >= 15 is 0 Å². The predicted octanol–water partition coefficient (Wildman–Crippen LogP) is 3.81. The van der Waals surface area contributed by atoms with Crippen LogP contribution in [-0.4, -0.2) is 52.2 Å². The van der Waals surface area contributed by atoms with Crippen LogP contribution in [0.2, 0.25) is 5.02 Å². The van der Waals surface area contributed by atoms with Gasteiger partial charge in [0.25, 0.3) is 0 Å². The van der Waals surface area contributed by atoms with E-state index in [1.807, 2.05) is 0 Å². The summed E-state index contributed by atoms with van der Waals surface area (Å²) in [5, 5.41) is 1.98. The molecular weight excluding hydrogens is 450 g/mol. The summed E-state index contributed by atoms with van der Waals surface area (Å²) >= 11 is 5.85. The van der Waals surface area contributed by atoms with Crippen LogP contribution in [0, 0.1) is 17.6 Å². The zero-order valence-electron chi connectivity index (χ0n) is 16.9. The van der Waals surface area contributed by atoms with E-state index in [1.165, 1.54) is 36.1 Å². The van der Waals surface area contributed by atoms with E-state index < -0.39 is 38.7 Å². The molecule has 0 radical (unpaired) electrons. The van der Waals surface area contributed by atoms with Gasteiger partial charge < -0.3 is 15.0 Å². The van der Waals surface area contributed by atoms with Crippen molar-refractivity contribution in [2.75, 3.05) is 32.8 Å². The third-order valence-corrected chi connectivity index (χ3v) is 7.67. The monoisotopic (exact) mass is 472 g/mol. The molecular formula is C21H23ClF2N2O4S. The summed E-state index contributed by atoms with van der Waals surface area (Å²) in [7, 11) is -4.16. The van der Waals surface area contributed by atoms with Gasteiger partial charge in [-0.15, -0.1) is 0 Å². The van der Waals surface area contributed by atoms with Gasteiger partial charge >= 0.3 is 6.09 Å². The third kappa shape index (κ3) is 5.53. The lowest BCUT2D eigenvalue weighted by Gasteiger charge is -2.29. The topological polar surface area (TPSA) is 75.7 Å². The normalized spacial score (nSPS) is 16.6. The van der Waals surface area contributed by atoms with Crippen LogP contribution in [-0.2, 0) is 14.6 Å². The number of nitrogens with one attached hydrogen (secondary N) is 1. The summed E-state index contributed by atoms with van der Waals surface area (Å²) in [6.45, 7) is 3.44. The van der Waals surface area contributed by atoms with E-state index in [4.69, 9.17) is 16.3 Å².